The number of anilines is 2. The molecule has 102 valence electrons. The molecule has 2 rings (SSSR count). The van der Waals surface area contributed by atoms with Gasteiger partial charge in [-0.15, -0.1) is 0 Å². The lowest BCUT2D eigenvalue weighted by Crippen LogP contribution is -2.07. The second-order valence-electron chi connectivity index (χ2n) is 4.14. The number of aromatic nitrogens is 2. The van der Waals surface area contributed by atoms with E-state index in [1.165, 1.54) is 6.07 Å². The number of nitrogen functional groups attached to an aromatic ring is 1. The number of hydrogen-bond acceptors (Lipinski definition) is 3. The molecule has 0 aliphatic rings. The van der Waals surface area contributed by atoms with Crippen molar-refractivity contribution in [3.05, 3.63) is 41.2 Å². The molecule has 0 bridgehead atoms. The van der Waals surface area contributed by atoms with Crippen LogP contribution >= 0.6 is 0 Å². The highest BCUT2D eigenvalue weighted by atomic mass is 19.4. The number of nitrogens with zero attached hydrogens (tertiary/aromatic N) is 1. The molecular weight excluding hydrogens is 257 g/mol. The lowest BCUT2D eigenvalue weighted by Gasteiger charge is -2.09. The number of nitrogens with two attached hydrogens (primary N) is 1. The summed E-state index contributed by atoms with van der Waals surface area (Å²) in [6.07, 6.45) is -4.34. The van der Waals surface area contributed by atoms with Gasteiger partial charge in [-0.1, -0.05) is 12.1 Å². The molecule has 0 radical (unpaired) electrons. The fraction of sp³-hybridized carbons (Fsp3) is 0.250. The number of alkyl halides is 3. The van der Waals surface area contributed by atoms with E-state index in [1.807, 2.05) is 0 Å². The lowest BCUT2D eigenvalue weighted by atomic mass is 10.1. The molecule has 0 amide bonds. The highest BCUT2D eigenvalue weighted by molar-refractivity contribution is 5.57. The van der Waals surface area contributed by atoms with Crippen molar-refractivity contribution in [2.75, 3.05) is 11.1 Å². The van der Waals surface area contributed by atoms with Gasteiger partial charge in [0, 0.05) is 6.54 Å². The minimum Gasteiger partial charge on any atom is -0.382 e. The number of benzene rings is 1. The smallest absolute Gasteiger partial charge is 0.382 e. The summed E-state index contributed by atoms with van der Waals surface area (Å²) in [6, 6.07) is 5.12. The van der Waals surface area contributed by atoms with Crippen molar-refractivity contribution in [2.24, 2.45) is 0 Å². The van der Waals surface area contributed by atoms with Crippen LogP contribution < -0.4 is 11.1 Å². The van der Waals surface area contributed by atoms with E-state index in [1.54, 1.807) is 13.0 Å². The first kappa shape index (κ1) is 13.3. The first-order valence-electron chi connectivity index (χ1n) is 5.58. The van der Waals surface area contributed by atoms with Crippen LogP contribution in [0.25, 0.3) is 0 Å². The molecule has 1 heterocycles. The first-order chi connectivity index (χ1) is 8.86. The van der Waals surface area contributed by atoms with Gasteiger partial charge in [-0.05, 0) is 24.6 Å². The Morgan fingerprint density at radius 3 is 2.68 bits per heavy atom. The van der Waals surface area contributed by atoms with Crippen LogP contribution in [0, 0.1) is 6.92 Å². The monoisotopic (exact) mass is 270 g/mol. The van der Waals surface area contributed by atoms with Crippen LogP contribution in [-0.2, 0) is 12.7 Å². The Labute approximate surface area is 107 Å². The molecule has 0 saturated carbocycles. The van der Waals surface area contributed by atoms with E-state index in [4.69, 9.17) is 5.73 Å². The standard InChI is InChI=1S/C12H13F3N4/c1-7-18-10(16)11(19-7)17-6-8-3-2-4-9(5-8)12(13,14)15/h2-5,17H,6,16H2,1H3,(H,18,19). The molecule has 0 fully saturated rings. The molecule has 4 N–H and O–H groups in total. The molecule has 4 nitrogen and oxygen atoms in total. The van der Waals surface area contributed by atoms with Gasteiger partial charge in [0.05, 0.1) is 5.56 Å². The SMILES string of the molecule is Cc1nc(NCc2cccc(C(F)(F)F)c2)c(N)[nH]1. The molecule has 1 aromatic carbocycles. The maximum atomic E-state index is 12.5. The summed E-state index contributed by atoms with van der Waals surface area (Å²) < 4.78 is 37.6. The number of halogens is 3. The van der Waals surface area contributed by atoms with Crippen molar-refractivity contribution in [3.63, 3.8) is 0 Å². The Hall–Kier alpha value is -2.18. The predicted octanol–water partition coefficient (Wildman–Crippen LogP) is 2.93. The number of hydrogen-bond donors (Lipinski definition) is 3. The zero-order chi connectivity index (χ0) is 14.0. The zero-order valence-corrected chi connectivity index (χ0v) is 10.2. The molecule has 0 atom stereocenters. The van der Waals surface area contributed by atoms with Crippen LogP contribution in [0.5, 0.6) is 0 Å². The van der Waals surface area contributed by atoms with Gasteiger partial charge < -0.3 is 16.0 Å². The third kappa shape index (κ3) is 3.18. The lowest BCUT2D eigenvalue weighted by molar-refractivity contribution is -0.137. The number of aromatic amines is 1. The van der Waals surface area contributed by atoms with Gasteiger partial charge in [0.15, 0.2) is 5.82 Å². The summed E-state index contributed by atoms with van der Waals surface area (Å²) in [6.45, 7) is 1.96. The Bertz CT molecular complexity index is 575. The fourth-order valence-electron chi connectivity index (χ4n) is 1.69. The molecule has 0 aliphatic carbocycles. The van der Waals surface area contributed by atoms with E-state index in [2.05, 4.69) is 15.3 Å². The average Bonchev–Trinajstić information content (AvgIpc) is 2.64. The largest absolute Gasteiger partial charge is 0.416 e. The second kappa shape index (κ2) is 4.83. The highest BCUT2D eigenvalue weighted by Gasteiger charge is 2.30. The van der Waals surface area contributed by atoms with E-state index in [0.29, 0.717) is 23.0 Å². The van der Waals surface area contributed by atoms with Gasteiger partial charge in [-0.25, -0.2) is 4.98 Å². The summed E-state index contributed by atoms with van der Waals surface area (Å²) in [4.78, 5) is 6.89. The van der Waals surface area contributed by atoms with Gasteiger partial charge >= 0.3 is 6.18 Å². The third-order valence-electron chi connectivity index (χ3n) is 2.56. The number of nitrogens with one attached hydrogen (secondary N) is 2. The van der Waals surface area contributed by atoms with Crippen LogP contribution in [-0.4, -0.2) is 9.97 Å². The van der Waals surface area contributed by atoms with Crippen LogP contribution in [0.4, 0.5) is 24.8 Å². The van der Waals surface area contributed by atoms with Crippen molar-refractivity contribution < 1.29 is 13.2 Å². The van der Waals surface area contributed by atoms with Crippen molar-refractivity contribution in [1.82, 2.24) is 9.97 Å². The van der Waals surface area contributed by atoms with Gasteiger partial charge in [-0.3, -0.25) is 0 Å². The van der Waals surface area contributed by atoms with Crippen molar-refractivity contribution in [1.29, 1.82) is 0 Å². The summed E-state index contributed by atoms with van der Waals surface area (Å²) >= 11 is 0. The van der Waals surface area contributed by atoms with Crippen molar-refractivity contribution >= 4 is 11.6 Å². The average molecular weight is 270 g/mol. The van der Waals surface area contributed by atoms with Crippen LogP contribution in [0.2, 0.25) is 0 Å². The minimum absolute atomic E-state index is 0.221. The van der Waals surface area contributed by atoms with Crippen LogP contribution in [0.3, 0.4) is 0 Å². The summed E-state index contributed by atoms with van der Waals surface area (Å²) in [7, 11) is 0. The Balaban J connectivity index is 2.10. The topological polar surface area (TPSA) is 66.7 Å². The van der Waals surface area contributed by atoms with Crippen molar-refractivity contribution in [2.45, 2.75) is 19.6 Å². The summed E-state index contributed by atoms with van der Waals surface area (Å²) in [5, 5.41) is 2.89. The summed E-state index contributed by atoms with van der Waals surface area (Å²) in [5.74, 6) is 1.45. The van der Waals surface area contributed by atoms with Gasteiger partial charge in [0.1, 0.15) is 11.6 Å². The molecule has 0 unspecified atom stereocenters. The third-order valence-corrected chi connectivity index (χ3v) is 2.56. The van der Waals surface area contributed by atoms with Crippen LogP contribution in [0.1, 0.15) is 17.0 Å². The number of imidazole rings is 1. The van der Waals surface area contributed by atoms with E-state index in [0.717, 1.165) is 12.1 Å². The summed E-state index contributed by atoms with van der Waals surface area (Å²) in [5.41, 5.74) is 5.48. The maximum Gasteiger partial charge on any atom is 0.416 e. The molecule has 0 spiro atoms. The zero-order valence-electron chi connectivity index (χ0n) is 10.2. The minimum atomic E-state index is -4.34. The number of aryl methyl sites for hydroxylation is 1. The quantitative estimate of drug-likeness (QED) is 0.803. The highest BCUT2D eigenvalue weighted by Crippen LogP contribution is 2.29. The van der Waals surface area contributed by atoms with Gasteiger partial charge in [0.25, 0.3) is 0 Å². The normalized spacial score (nSPS) is 11.6. The van der Waals surface area contributed by atoms with Gasteiger partial charge in [0.2, 0.25) is 0 Å². The number of rotatable bonds is 3. The molecular formula is C12H13F3N4. The van der Waals surface area contributed by atoms with E-state index >= 15 is 0 Å². The molecule has 0 aliphatic heterocycles. The van der Waals surface area contributed by atoms with E-state index < -0.39 is 11.7 Å². The Morgan fingerprint density at radius 1 is 1.37 bits per heavy atom. The van der Waals surface area contributed by atoms with Gasteiger partial charge in [-0.2, -0.15) is 13.2 Å². The first-order valence-corrected chi connectivity index (χ1v) is 5.58. The molecule has 19 heavy (non-hydrogen) atoms. The fourth-order valence-corrected chi connectivity index (χ4v) is 1.69. The van der Waals surface area contributed by atoms with Crippen LogP contribution in [0.15, 0.2) is 24.3 Å². The van der Waals surface area contributed by atoms with E-state index in [9.17, 15) is 13.2 Å². The molecule has 7 heteroatoms. The Kier molecular flexibility index (Phi) is 3.37. The predicted molar refractivity (Wildman–Crippen MR) is 66.5 cm³/mol. The van der Waals surface area contributed by atoms with Crippen molar-refractivity contribution in [3.8, 4) is 0 Å². The molecule has 2 aromatic rings. The maximum absolute atomic E-state index is 12.5. The number of H-pyrrole nitrogens is 1. The Morgan fingerprint density at radius 2 is 2.11 bits per heavy atom. The van der Waals surface area contributed by atoms with E-state index in [-0.39, 0.29) is 6.54 Å². The molecule has 0 saturated heterocycles. The second-order valence-corrected chi connectivity index (χ2v) is 4.14. The molecule has 1 aromatic heterocycles.